The van der Waals surface area contributed by atoms with Crippen LogP contribution < -0.4 is 5.32 Å². The minimum absolute atomic E-state index is 0.0836. The second-order valence-electron chi connectivity index (χ2n) is 4.87. The number of nitrogens with one attached hydrogen (secondary N) is 1. The lowest BCUT2D eigenvalue weighted by molar-refractivity contribution is -0.138. The van der Waals surface area contributed by atoms with Crippen molar-refractivity contribution in [1.82, 2.24) is 10.2 Å². The molecule has 0 saturated carbocycles. The highest BCUT2D eigenvalue weighted by atomic mass is 79.9. The summed E-state index contributed by atoms with van der Waals surface area (Å²) in [4.78, 5) is 2.32. The summed E-state index contributed by atoms with van der Waals surface area (Å²) in [6.07, 6.45) is -3.33. The van der Waals surface area contributed by atoms with Crippen LogP contribution in [0.5, 0.6) is 0 Å². The molecule has 0 unspecified atom stereocenters. The van der Waals surface area contributed by atoms with Crippen LogP contribution in [0.3, 0.4) is 0 Å². The highest BCUT2D eigenvalue weighted by molar-refractivity contribution is 9.10. The third-order valence-corrected chi connectivity index (χ3v) is 4.08. The van der Waals surface area contributed by atoms with Crippen molar-refractivity contribution in [2.75, 3.05) is 26.2 Å². The lowest BCUT2D eigenvalue weighted by Crippen LogP contribution is -2.27. The maximum Gasteiger partial charge on any atom is 0.417 e. The molecule has 1 aromatic carbocycles. The van der Waals surface area contributed by atoms with Gasteiger partial charge in [0, 0.05) is 11.0 Å². The summed E-state index contributed by atoms with van der Waals surface area (Å²) in [7, 11) is 0. The van der Waals surface area contributed by atoms with E-state index in [4.69, 9.17) is 0 Å². The molecule has 21 heavy (non-hydrogen) atoms. The molecule has 1 N–H and O–H groups in total. The maximum atomic E-state index is 12.8. The Morgan fingerprint density at radius 2 is 1.86 bits per heavy atom. The molecule has 0 radical (unpaired) electrons. The first-order chi connectivity index (χ1) is 9.88. The van der Waals surface area contributed by atoms with Crippen molar-refractivity contribution < 1.29 is 13.2 Å². The molecule has 0 aliphatic carbocycles. The van der Waals surface area contributed by atoms with Crippen LogP contribution in [0.15, 0.2) is 22.7 Å². The zero-order chi connectivity index (χ0) is 15.9. The molecule has 0 atom stereocenters. The van der Waals surface area contributed by atoms with Crippen molar-refractivity contribution in [1.29, 1.82) is 0 Å². The van der Waals surface area contributed by atoms with Crippen LogP contribution in [-0.4, -0.2) is 31.1 Å². The average molecular weight is 367 g/mol. The van der Waals surface area contributed by atoms with Crippen molar-refractivity contribution in [3.8, 4) is 0 Å². The number of hydrogen-bond acceptors (Lipinski definition) is 2. The van der Waals surface area contributed by atoms with Crippen LogP contribution in [0.25, 0.3) is 0 Å². The summed E-state index contributed by atoms with van der Waals surface area (Å²) >= 11 is 2.95. The summed E-state index contributed by atoms with van der Waals surface area (Å²) in [5, 5.41) is 3.19. The molecule has 1 rings (SSSR count). The molecule has 2 nitrogen and oxygen atoms in total. The second-order valence-corrected chi connectivity index (χ2v) is 5.72. The van der Waals surface area contributed by atoms with Gasteiger partial charge in [0.05, 0.1) is 5.56 Å². The summed E-state index contributed by atoms with van der Waals surface area (Å²) in [5.74, 6) is 0. The topological polar surface area (TPSA) is 15.3 Å². The monoisotopic (exact) mass is 366 g/mol. The predicted octanol–water partition coefficient (Wildman–Crippen LogP) is 4.29. The van der Waals surface area contributed by atoms with Crippen LogP contribution in [0, 0.1) is 0 Å². The van der Waals surface area contributed by atoms with E-state index in [9.17, 15) is 13.2 Å². The molecule has 0 bridgehead atoms. The number of halogens is 4. The van der Waals surface area contributed by atoms with Crippen molar-refractivity contribution in [2.24, 2.45) is 0 Å². The molecule has 120 valence electrons. The number of hydrogen-bond donors (Lipinski definition) is 1. The van der Waals surface area contributed by atoms with Gasteiger partial charge in [-0.15, -0.1) is 0 Å². The van der Waals surface area contributed by atoms with Gasteiger partial charge in [-0.2, -0.15) is 13.2 Å². The lowest BCUT2D eigenvalue weighted by atomic mass is 10.1. The van der Waals surface area contributed by atoms with Crippen LogP contribution in [0.4, 0.5) is 13.2 Å². The Kier molecular flexibility index (Phi) is 7.70. The van der Waals surface area contributed by atoms with E-state index in [2.05, 4.69) is 40.0 Å². The van der Waals surface area contributed by atoms with E-state index in [1.54, 1.807) is 6.07 Å². The van der Waals surface area contributed by atoms with Crippen LogP contribution in [-0.2, 0) is 12.7 Å². The second kappa shape index (κ2) is 8.76. The molecule has 0 amide bonds. The molecule has 0 aliphatic rings. The van der Waals surface area contributed by atoms with E-state index >= 15 is 0 Å². The van der Waals surface area contributed by atoms with Gasteiger partial charge in [-0.3, -0.25) is 0 Å². The molecule has 0 spiro atoms. The maximum absolute atomic E-state index is 12.8. The highest BCUT2D eigenvalue weighted by Crippen LogP contribution is 2.35. The highest BCUT2D eigenvalue weighted by Gasteiger charge is 2.32. The van der Waals surface area contributed by atoms with E-state index in [-0.39, 0.29) is 4.47 Å². The standard InChI is InChI=1S/C15H22BrF3N2/c1-3-21(4-2)9-5-8-20-11-12-6-7-14(16)13(10-12)15(17,18)19/h6-7,10,20H,3-5,8-9,11H2,1-2H3. The molecule has 6 heteroatoms. The molecule has 0 heterocycles. The van der Waals surface area contributed by atoms with Gasteiger partial charge in [0.15, 0.2) is 0 Å². The smallest absolute Gasteiger partial charge is 0.313 e. The molecular weight excluding hydrogens is 345 g/mol. The van der Waals surface area contributed by atoms with Gasteiger partial charge in [-0.25, -0.2) is 0 Å². The Morgan fingerprint density at radius 3 is 2.43 bits per heavy atom. The minimum Gasteiger partial charge on any atom is -0.313 e. The van der Waals surface area contributed by atoms with E-state index in [0.717, 1.165) is 32.6 Å². The number of benzene rings is 1. The normalized spacial score (nSPS) is 12.1. The Balaban J connectivity index is 2.43. The van der Waals surface area contributed by atoms with Crippen molar-refractivity contribution >= 4 is 15.9 Å². The number of rotatable bonds is 8. The van der Waals surface area contributed by atoms with Gasteiger partial charge in [-0.1, -0.05) is 35.8 Å². The van der Waals surface area contributed by atoms with Crippen molar-refractivity contribution in [3.05, 3.63) is 33.8 Å². The Hall–Kier alpha value is -0.590. The summed E-state index contributed by atoms with van der Waals surface area (Å²) in [6.45, 7) is 8.56. The number of nitrogens with zero attached hydrogens (tertiary/aromatic N) is 1. The summed E-state index contributed by atoms with van der Waals surface area (Å²) in [6, 6.07) is 4.36. The van der Waals surface area contributed by atoms with Crippen molar-refractivity contribution in [2.45, 2.75) is 33.0 Å². The predicted molar refractivity (Wildman–Crippen MR) is 83.3 cm³/mol. The van der Waals surface area contributed by atoms with Crippen LogP contribution in [0.1, 0.15) is 31.4 Å². The first-order valence-corrected chi connectivity index (χ1v) is 7.96. The largest absolute Gasteiger partial charge is 0.417 e. The van der Waals surface area contributed by atoms with E-state index < -0.39 is 11.7 Å². The van der Waals surface area contributed by atoms with E-state index in [1.165, 1.54) is 12.1 Å². The first-order valence-electron chi connectivity index (χ1n) is 7.17. The molecule has 0 fully saturated rings. The van der Waals surface area contributed by atoms with E-state index in [0.29, 0.717) is 12.1 Å². The first kappa shape index (κ1) is 18.5. The molecular formula is C15H22BrF3N2. The van der Waals surface area contributed by atoms with Gasteiger partial charge in [0.1, 0.15) is 0 Å². The third kappa shape index (κ3) is 6.36. The fourth-order valence-electron chi connectivity index (χ4n) is 2.10. The van der Waals surface area contributed by atoms with Gasteiger partial charge in [0.25, 0.3) is 0 Å². The molecule has 0 aromatic heterocycles. The minimum atomic E-state index is -4.32. The quantitative estimate of drug-likeness (QED) is 0.690. The zero-order valence-electron chi connectivity index (χ0n) is 12.4. The molecule has 0 saturated heterocycles. The SMILES string of the molecule is CCN(CC)CCCNCc1ccc(Br)c(C(F)(F)F)c1. The van der Waals surface area contributed by atoms with Crippen molar-refractivity contribution in [3.63, 3.8) is 0 Å². The average Bonchev–Trinajstić information content (AvgIpc) is 2.43. The van der Waals surface area contributed by atoms with Gasteiger partial charge in [0.2, 0.25) is 0 Å². The third-order valence-electron chi connectivity index (χ3n) is 3.39. The summed E-state index contributed by atoms with van der Waals surface area (Å²) in [5.41, 5.74) is 0.0262. The lowest BCUT2D eigenvalue weighted by Gasteiger charge is -2.17. The zero-order valence-corrected chi connectivity index (χ0v) is 14.0. The number of alkyl halides is 3. The molecule has 1 aromatic rings. The molecule has 0 aliphatic heterocycles. The Morgan fingerprint density at radius 1 is 1.19 bits per heavy atom. The van der Waals surface area contributed by atoms with E-state index in [1.807, 2.05) is 0 Å². The van der Waals surface area contributed by atoms with Gasteiger partial charge in [-0.05, 0) is 50.3 Å². The van der Waals surface area contributed by atoms with Gasteiger partial charge >= 0.3 is 6.18 Å². The van der Waals surface area contributed by atoms with Crippen LogP contribution >= 0.6 is 15.9 Å². The fraction of sp³-hybridized carbons (Fsp3) is 0.600. The fourth-order valence-corrected chi connectivity index (χ4v) is 2.57. The Bertz CT molecular complexity index is 431. The van der Waals surface area contributed by atoms with Gasteiger partial charge < -0.3 is 10.2 Å². The Labute approximate surface area is 132 Å². The van der Waals surface area contributed by atoms with Crippen LogP contribution in [0.2, 0.25) is 0 Å². The summed E-state index contributed by atoms with van der Waals surface area (Å²) < 4.78 is 38.4.